The molecule has 4 heterocycles. The predicted molar refractivity (Wildman–Crippen MR) is 153 cm³/mol. The lowest BCUT2D eigenvalue weighted by atomic mass is 9.74. The van der Waals surface area contributed by atoms with E-state index in [0.29, 0.717) is 17.6 Å². The molecule has 0 saturated carbocycles. The van der Waals surface area contributed by atoms with Gasteiger partial charge >= 0.3 is 22.3 Å². The third-order valence-corrected chi connectivity index (χ3v) is 7.58. The van der Waals surface area contributed by atoms with Crippen molar-refractivity contribution in [2.24, 2.45) is 16.8 Å². The molecule has 2 atom stereocenters. The van der Waals surface area contributed by atoms with Gasteiger partial charge in [0.1, 0.15) is 24.7 Å². The third kappa shape index (κ3) is 8.13. The minimum Gasteiger partial charge on any atom is -0.486 e. The summed E-state index contributed by atoms with van der Waals surface area (Å²) in [4.78, 5) is 55.3. The van der Waals surface area contributed by atoms with Gasteiger partial charge in [-0.3, -0.25) is 14.1 Å². The number of ether oxygens (including phenoxy) is 1. The molecule has 3 aromatic heterocycles. The second-order valence-corrected chi connectivity index (χ2v) is 12.0. The molecule has 0 bridgehead atoms. The SMILES string of the molecule is CC1(C)[C@H](CC(=O)/C(=N\O[C@@H](COc2cnc(-n3cc[n+](CCCN)c3)nc2)C(=O)O)c2csc(N)n2)C(=O)N1OS(=O)(=O)O. The first-order valence-electron chi connectivity index (χ1n) is 13.1. The zero-order valence-corrected chi connectivity index (χ0v) is 25.5. The van der Waals surface area contributed by atoms with E-state index in [-0.39, 0.29) is 16.6 Å². The maximum Gasteiger partial charge on any atom is 0.418 e. The molecule has 0 spiro atoms. The molecule has 242 valence electrons. The van der Waals surface area contributed by atoms with Crippen molar-refractivity contribution >= 4 is 50.2 Å². The van der Waals surface area contributed by atoms with Gasteiger partial charge in [-0.1, -0.05) is 5.16 Å². The third-order valence-electron chi connectivity index (χ3n) is 6.57. The standard InChI is InChI=1S/C24H29N9O10S2/c1-24(2)15(20(35)33(24)43-45(38,39)40)8-17(34)19(16-12-44-22(26)29-16)30-42-18(21(36)37)11-41-14-9-27-23(28-10-14)32-7-6-31(13-32)5-3-4-25/h6-7,9-10,12-13,15,18H,3-5,8,11,25H2,1-2H3,(H3-,26,29,36,37,38,39,40)/p+1/b30-19-/t15-,18+/m1/s1. The Kier molecular flexibility index (Phi) is 10.1. The molecule has 19 nitrogen and oxygen atoms in total. The van der Waals surface area contributed by atoms with Crippen molar-refractivity contribution in [3.8, 4) is 11.7 Å². The summed E-state index contributed by atoms with van der Waals surface area (Å²) in [5, 5.41) is 15.3. The van der Waals surface area contributed by atoms with Crippen LogP contribution in [-0.2, 0) is 40.4 Å². The number of hydroxylamine groups is 2. The van der Waals surface area contributed by atoms with Crippen molar-refractivity contribution in [3.05, 3.63) is 42.2 Å². The molecule has 3 aromatic rings. The Morgan fingerprint density at radius 1 is 1.29 bits per heavy atom. The highest BCUT2D eigenvalue weighted by Gasteiger charge is 2.57. The van der Waals surface area contributed by atoms with Crippen LogP contribution in [-0.4, -0.2) is 90.8 Å². The van der Waals surface area contributed by atoms with Gasteiger partial charge in [-0.15, -0.1) is 15.6 Å². The summed E-state index contributed by atoms with van der Waals surface area (Å²) >= 11 is 0.973. The number of carbonyl (C=O) groups excluding carboxylic acids is 2. The fourth-order valence-corrected chi connectivity index (χ4v) is 5.16. The van der Waals surface area contributed by atoms with Crippen LogP contribution in [0.1, 0.15) is 32.4 Å². The van der Waals surface area contributed by atoms with Crippen LogP contribution in [0.25, 0.3) is 5.95 Å². The molecule has 1 aliphatic rings. The highest BCUT2D eigenvalue weighted by molar-refractivity contribution is 7.80. The van der Waals surface area contributed by atoms with Gasteiger partial charge in [-0.2, -0.15) is 28.0 Å². The number of carboxylic acid groups (broad SMARTS) is 1. The summed E-state index contributed by atoms with van der Waals surface area (Å²) in [7, 11) is -4.99. The van der Waals surface area contributed by atoms with E-state index in [1.807, 2.05) is 10.8 Å². The van der Waals surface area contributed by atoms with Crippen molar-refractivity contribution in [2.45, 2.75) is 44.9 Å². The topological polar surface area (TPSA) is 269 Å². The monoisotopic (exact) mass is 668 g/mol. The molecule has 45 heavy (non-hydrogen) atoms. The Morgan fingerprint density at radius 3 is 2.58 bits per heavy atom. The first kappa shape index (κ1) is 33.3. The molecule has 1 fully saturated rings. The summed E-state index contributed by atoms with van der Waals surface area (Å²) in [6.07, 6.45) is 6.67. The van der Waals surface area contributed by atoms with Gasteiger partial charge in [0.2, 0.25) is 0 Å². The summed E-state index contributed by atoms with van der Waals surface area (Å²) in [5.74, 6) is -3.76. The number of hydrogen-bond acceptors (Lipinski definition) is 15. The molecular formula is C24H30N9O10S2+. The number of carbonyl (C=O) groups is 3. The summed E-state index contributed by atoms with van der Waals surface area (Å²) in [5.41, 5.74) is 9.43. The number of imidazole rings is 1. The van der Waals surface area contributed by atoms with Gasteiger partial charge in [0.25, 0.3) is 18.3 Å². The summed E-state index contributed by atoms with van der Waals surface area (Å²) in [6.45, 7) is 3.56. The largest absolute Gasteiger partial charge is 0.486 e. The van der Waals surface area contributed by atoms with E-state index in [2.05, 4.69) is 24.4 Å². The highest BCUT2D eigenvalue weighted by Crippen LogP contribution is 2.40. The Morgan fingerprint density at radius 2 is 2.00 bits per heavy atom. The molecule has 1 amide bonds. The lowest BCUT2D eigenvalue weighted by molar-refractivity contribution is -0.696. The normalized spacial score (nSPS) is 17.1. The molecule has 21 heteroatoms. The van der Waals surface area contributed by atoms with Crippen LogP contribution in [0.2, 0.25) is 0 Å². The number of Topliss-reactive ketones (excluding diaryl/α,β-unsaturated/α-hetero) is 1. The number of rotatable bonds is 16. The molecule has 0 aromatic carbocycles. The number of β-lactam (4-membered cyclic amide) rings is 1. The second kappa shape index (κ2) is 13.6. The van der Waals surface area contributed by atoms with E-state index in [1.54, 1.807) is 17.1 Å². The van der Waals surface area contributed by atoms with Crippen LogP contribution in [0.4, 0.5) is 5.13 Å². The van der Waals surface area contributed by atoms with Gasteiger partial charge < -0.3 is 26.1 Å². The Bertz CT molecular complexity index is 1690. The van der Waals surface area contributed by atoms with Crippen LogP contribution >= 0.6 is 11.3 Å². The zero-order chi connectivity index (χ0) is 32.9. The lowest BCUT2D eigenvalue weighted by Gasteiger charge is -2.50. The molecule has 1 saturated heterocycles. The van der Waals surface area contributed by atoms with Crippen molar-refractivity contribution < 1.29 is 50.9 Å². The summed E-state index contributed by atoms with van der Waals surface area (Å²) < 4.78 is 44.5. The van der Waals surface area contributed by atoms with E-state index >= 15 is 0 Å². The van der Waals surface area contributed by atoms with Gasteiger partial charge in [0, 0.05) is 11.8 Å². The van der Waals surface area contributed by atoms with E-state index in [1.165, 1.54) is 31.6 Å². The Hall–Kier alpha value is -4.57. The quantitative estimate of drug-likeness (QED) is 0.0475. The molecule has 0 unspecified atom stereocenters. The van der Waals surface area contributed by atoms with Gasteiger partial charge in [0.05, 0.1) is 30.4 Å². The number of nitrogens with zero attached hydrogens (tertiary/aromatic N) is 7. The number of hydrogen-bond donors (Lipinski definition) is 4. The number of oxime groups is 1. The number of nitrogen functional groups attached to an aromatic ring is 1. The number of thiazole rings is 1. The number of anilines is 1. The van der Waals surface area contributed by atoms with Crippen molar-refractivity contribution in [1.82, 2.24) is 24.6 Å². The number of nitrogens with two attached hydrogens (primary N) is 2. The first-order valence-corrected chi connectivity index (χ1v) is 15.4. The highest BCUT2D eigenvalue weighted by atomic mass is 32.3. The van der Waals surface area contributed by atoms with E-state index in [9.17, 15) is 27.9 Å². The number of aliphatic carboxylic acids is 1. The average molecular weight is 669 g/mol. The fourth-order valence-electron chi connectivity index (χ4n) is 4.16. The first-order chi connectivity index (χ1) is 21.2. The second-order valence-electron chi connectivity index (χ2n) is 10.1. The fraction of sp³-hybridized carbons (Fsp3) is 0.417. The van der Waals surface area contributed by atoms with Crippen LogP contribution in [0, 0.1) is 5.92 Å². The number of amides is 1. The molecule has 4 rings (SSSR count). The van der Waals surface area contributed by atoms with E-state index < -0.39 is 64.4 Å². The molecule has 0 radical (unpaired) electrons. The Labute approximate surface area is 259 Å². The lowest BCUT2D eigenvalue weighted by Crippen LogP contribution is -2.68. The number of aromatic nitrogens is 5. The molecule has 6 N–H and O–H groups in total. The van der Waals surface area contributed by atoms with E-state index in [4.69, 9.17) is 25.6 Å². The van der Waals surface area contributed by atoms with Crippen molar-refractivity contribution in [2.75, 3.05) is 18.9 Å². The maximum absolute atomic E-state index is 13.3. The van der Waals surface area contributed by atoms with Crippen LogP contribution in [0.5, 0.6) is 5.75 Å². The van der Waals surface area contributed by atoms with Crippen LogP contribution in [0.15, 0.2) is 41.7 Å². The van der Waals surface area contributed by atoms with Gasteiger partial charge in [0.15, 0.2) is 22.4 Å². The number of aryl methyl sites for hydroxylation is 1. The van der Waals surface area contributed by atoms with Crippen molar-refractivity contribution in [1.29, 1.82) is 0 Å². The molecule has 1 aliphatic heterocycles. The number of ketones is 1. The molecule has 0 aliphatic carbocycles. The smallest absolute Gasteiger partial charge is 0.418 e. The van der Waals surface area contributed by atoms with Crippen LogP contribution in [0.3, 0.4) is 0 Å². The minimum absolute atomic E-state index is 0.0403. The predicted octanol–water partition coefficient (Wildman–Crippen LogP) is -0.874. The van der Waals surface area contributed by atoms with Crippen LogP contribution < -0.4 is 20.8 Å². The van der Waals surface area contributed by atoms with E-state index in [0.717, 1.165) is 24.3 Å². The average Bonchev–Trinajstić information content (AvgIpc) is 3.64. The number of carboxylic acids is 1. The molecular weight excluding hydrogens is 638 g/mol. The summed E-state index contributed by atoms with van der Waals surface area (Å²) in [6, 6.07) is 0. The Balaban J connectivity index is 1.44. The maximum atomic E-state index is 13.3. The minimum atomic E-state index is -4.99. The zero-order valence-electron chi connectivity index (χ0n) is 23.9. The van der Waals surface area contributed by atoms with Gasteiger partial charge in [-0.25, -0.2) is 14.3 Å². The van der Waals surface area contributed by atoms with Gasteiger partial charge in [-0.05, 0) is 26.8 Å². The van der Waals surface area contributed by atoms with Crippen molar-refractivity contribution in [3.63, 3.8) is 0 Å².